The lowest BCUT2D eigenvalue weighted by Gasteiger charge is -2.03. The number of aryl methyl sites for hydroxylation is 1. The van der Waals surface area contributed by atoms with E-state index in [9.17, 15) is 0 Å². The first-order chi connectivity index (χ1) is 8.34. The van der Waals surface area contributed by atoms with Crippen LogP contribution in [0.3, 0.4) is 0 Å². The topological polar surface area (TPSA) is 24.9 Å². The second-order valence-corrected chi connectivity index (χ2v) is 5.97. The van der Waals surface area contributed by atoms with Crippen LogP contribution in [-0.2, 0) is 6.54 Å². The SMILES string of the molecule is Cc1csc(SCCNCc2ccccc2)n1. The molecule has 0 radical (unpaired) electrons. The molecule has 1 aromatic carbocycles. The summed E-state index contributed by atoms with van der Waals surface area (Å²) in [6, 6.07) is 10.5. The van der Waals surface area contributed by atoms with E-state index in [1.165, 1.54) is 9.90 Å². The van der Waals surface area contributed by atoms with Crippen molar-refractivity contribution in [3.63, 3.8) is 0 Å². The van der Waals surface area contributed by atoms with Gasteiger partial charge in [-0.25, -0.2) is 4.98 Å². The molecule has 17 heavy (non-hydrogen) atoms. The van der Waals surface area contributed by atoms with Crippen LogP contribution >= 0.6 is 23.1 Å². The van der Waals surface area contributed by atoms with Crippen molar-refractivity contribution in [1.29, 1.82) is 0 Å². The molecule has 1 heterocycles. The highest BCUT2D eigenvalue weighted by Crippen LogP contribution is 2.21. The van der Waals surface area contributed by atoms with Crippen molar-refractivity contribution in [2.24, 2.45) is 0 Å². The molecule has 2 rings (SSSR count). The summed E-state index contributed by atoms with van der Waals surface area (Å²) in [5, 5.41) is 5.53. The predicted octanol–water partition coefficient (Wildman–Crippen LogP) is 3.33. The Morgan fingerprint density at radius 2 is 2.12 bits per heavy atom. The summed E-state index contributed by atoms with van der Waals surface area (Å²) in [6.07, 6.45) is 0. The number of benzene rings is 1. The van der Waals surface area contributed by atoms with E-state index in [1.807, 2.05) is 24.8 Å². The summed E-state index contributed by atoms with van der Waals surface area (Å²) >= 11 is 3.55. The van der Waals surface area contributed by atoms with Crippen molar-refractivity contribution >= 4 is 23.1 Å². The quantitative estimate of drug-likeness (QED) is 0.640. The monoisotopic (exact) mass is 264 g/mol. The van der Waals surface area contributed by atoms with Crippen LogP contribution < -0.4 is 5.32 Å². The molecule has 0 saturated carbocycles. The Morgan fingerprint density at radius 1 is 1.29 bits per heavy atom. The fraction of sp³-hybridized carbons (Fsp3) is 0.308. The van der Waals surface area contributed by atoms with Crippen molar-refractivity contribution in [3.8, 4) is 0 Å². The second kappa shape index (κ2) is 6.79. The molecule has 1 aromatic heterocycles. The fourth-order valence-electron chi connectivity index (χ4n) is 1.44. The maximum absolute atomic E-state index is 4.42. The Labute approximate surface area is 110 Å². The van der Waals surface area contributed by atoms with Crippen LogP contribution in [0.25, 0.3) is 0 Å². The molecule has 1 N–H and O–H groups in total. The minimum absolute atomic E-state index is 0.943. The van der Waals surface area contributed by atoms with Crippen LogP contribution in [0.1, 0.15) is 11.3 Å². The number of hydrogen-bond donors (Lipinski definition) is 1. The lowest BCUT2D eigenvalue weighted by Crippen LogP contribution is -2.16. The normalized spacial score (nSPS) is 10.6. The molecule has 0 aliphatic carbocycles. The van der Waals surface area contributed by atoms with Crippen molar-refractivity contribution in [3.05, 3.63) is 47.0 Å². The van der Waals surface area contributed by atoms with Crippen LogP contribution in [0.2, 0.25) is 0 Å². The van der Waals surface area contributed by atoms with Gasteiger partial charge in [-0.05, 0) is 12.5 Å². The van der Waals surface area contributed by atoms with Gasteiger partial charge in [-0.15, -0.1) is 11.3 Å². The van der Waals surface area contributed by atoms with Crippen molar-refractivity contribution in [2.45, 2.75) is 17.8 Å². The van der Waals surface area contributed by atoms with Gasteiger partial charge in [-0.1, -0.05) is 42.1 Å². The van der Waals surface area contributed by atoms with Gasteiger partial charge in [0.25, 0.3) is 0 Å². The Morgan fingerprint density at radius 3 is 2.82 bits per heavy atom. The van der Waals surface area contributed by atoms with E-state index in [1.54, 1.807) is 11.3 Å². The van der Waals surface area contributed by atoms with Gasteiger partial charge < -0.3 is 5.32 Å². The summed E-state index contributed by atoms with van der Waals surface area (Å²) in [4.78, 5) is 4.42. The third-order valence-corrected chi connectivity index (χ3v) is 4.41. The minimum Gasteiger partial charge on any atom is -0.312 e. The standard InChI is InChI=1S/C13H16N2S2/c1-11-10-17-13(15-11)16-8-7-14-9-12-5-3-2-4-6-12/h2-6,10,14H,7-9H2,1H3. The summed E-state index contributed by atoms with van der Waals surface area (Å²) in [6.45, 7) is 3.99. The van der Waals surface area contributed by atoms with Gasteiger partial charge in [-0.3, -0.25) is 0 Å². The van der Waals surface area contributed by atoms with Gasteiger partial charge in [0.1, 0.15) is 4.34 Å². The number of aromatic nitrogens is 1. The number of nitrogens with one attached hydrogen (secondary N) is 1. The summed E-state index contributed by atoms with van der Waals surface area (Å²) in [7, 11) is 0. The lowest BCUT2D eigenvalue weighted by atomic mass is 10.2. The van der Waals surface area contributed by atoms with E-state index < -0.39 is 0 Å². The molecule has 0 spiro atoms. The number of thiazole rings is 1. The first kappa shape index (κ1) is 12.6. The van der Waals surface area contributed by atoms with Gasteiger partial charge in [0, 0.05) is 29.9 Å². The highest BCUT2D eigenvalue weighted by atomic mass is 32.2. The third-order valence-electron chi connectivity index (χ3n) is 2.27. The smallest absolute Gasteiger partial charge is 0.150 e. The van der Waals surface area contributed by atoms with Crippen molar-refractivity contribution < 1.29 is 0 Å². The van der Waals surface area contributed by atoms with Crippen molar-refractivity contribution in [2.75, 3.05) is 12.3 Å². The van der Waals surface area contributed by atoms with Crippen LogP contribution in [0.5, 0.6) is 0 Å². The van der Waals surface area contributed by atoms with Gasteiger partial charge in [0.05, 0.1) is 0 Å². The summed E-state index contributed by atoms with van der Waals surface area (Å²) in [5.74, 6) is 1.07. The highest BCUT2D eigenvalue weighted by Gasteiger charge is 1.98. The molecular formula is C13H16N2S2. The second-order valence-electron chi connectivity index (χ2n) is 3.77. The van der Waals surface area contributed by atoms with E-state index in [2.05, 4.69) is 39.9 Å². The Balaban J connectivity index is 1.61. The van der Waals surface area contributed by atoms with Crippen LogP contribution in [0.15, 0.2) is 40.1 Å². The molecule has 2 nitrogen and oxygen atoms in total. The Kier molecular flexibility index (Phi) is 5.04. The Bertz CT molecular complexity index is 440. The zero-order valence-electron chi connectivity index (χ0n) is 9.85. The largest absolute Gasteiger partial charge is 0.312 e. The van der Waals surface area contributed by atoms with Gasteiger partial charge in [0.15, 0.2) is 0 Å². The summed E-state index contributed by atoms with van der Waals surface area (Å²) in [5.41, 5.74) is 2.46. The molecule has 0 aliphatic rings. The first-order valence-corrected chi connectivity index (χ1v) is 7.51. The maximum Gasteiger partial charge on any atom is 0.150 e. The number of nitrogens with zero attached hydrogens (tertiary/aromatic N) is 1. The van der Waals surface area contributed by atoms with Crippen molar-refractivity contribution in [1.82, 2.24) is 10.3 Å². The molecule has 4 heteroatoms. The molecule has 0 unspecified atom stereocenters. The molecule has 0 fully saturated rings. The number of rotatable bonds is 6. The first-order valence-electron chi connectivity index (χ1n) is 5.64. The van der Waals surface area contributed by atoms with E-state index in [0.29, 0.717) is 0 Å². The molecule has 2 aromatic rings. The molecule has 90 valence electrons. The zero-order valence-corrected chi connectivity index (χ0v) is 11.5. The number of thioether (sulfide) groups is 1. The van der Waals surface area contributed by atoms with Crippen LogP contribution in [-0.4, -0.2) is 17.3 Å². The van der Waals surface area contributed by atoms with Gasteiger partial charge in [0.2, 0.25) is 0 Å². The van der Waals surface area contributed by atoms with Gasteiger partial charge in [-0.2, -0.15) is 0 Å². The lowest BCUT2D eigenvalue weighted by molar-refractivity contribution is 0.732. The molecule has 0 saturated heterocycles. The summed E-state index contributed by atoms with van der Waals surface area (Å²) < 4.78 is 1.17. The van der Waals surface area contributed by atoms with E-state index in [-0.39, 0.29) is 0 Å². The number of hydrogen-bond acceptors (Lipinski definition) is 4. The average Bonchev–Trinajstić information content (AvgIpc) is 2.76. The molecular weight excluding hydrogens is 248 g/mol. The molecule has 0 bridgehead atoms. The molecule has 0 amide bonds. The van der Waals surface area contributed by atoms with Crippen LogP contribution in [0.4, 0.5) is 0 Å². The van der Waals surface area contributed by atoms with E-state index >= 15 is 0 Å². The fourth-order valence-corrected chi connectivity index (χ4v) is 3.25. The molecule has 0 atom stereocenters. The van der Waals surface area contributed by atoms with E-state index in [0.717, 1.165) is 24.5 Å². The Hall–Kier alpha value is -0.840. The average molecular weight is 264 g/mol. The molecule has 0 aliphatic heterocycles. The predicted molar refractivity (Wildman–Crippen MR) is 75.7 cm³/mol. The minimum atomic E-state index is 0.943. The highest BCUT2D eigenvalue weighted by molar-refractivity contribution is 8.01. The van der Waals surface area contributed by atoms with Gasteiger partial charge >= 0.3 is 0 Å². The maximum atomic E-state index is 4.42. The third kappa shape index (κ3) is 4.50. The van der Waals surface area contributed by atoms with Crippen LogP contribution in [0, 0.1) is 6.92 Å². The zero-order chi connectivity index (χ0) is 11.9. The van der Waals surface area contributed by atoms with E-state index in [4.69, 9.17) is 0 Å².